The Labute approximate surface area is 106 Å². The van der Waals surface area contributed by atoms with E-state index in [0.29, 0.717) is 28.9 Å². The quantitative estimate of drug-likeness (QED) is 0.815. The first-order valence-corrected chi connectivity index (χ1v) is 5.77. The first kappa shape index (κ1) is 13.6. The van der Waals surface area contributed by atoms with E-state index in [0.717, 1.165) is 5.56 Å². The minimum atomic E-state index is -0.484. The van der Waals surface area contributed by atoms with Crippen LogP contribution in [-0.2, 0) is 4.74 Å². The molecular weight excluding hydrogens is 240 g/mol. The number of ether oxygens (including phenoxy) is 1. The summed E-state index contributed by atoms with van der Waals surface area (Å²) in [5, 5.41) is 3.04. The summed E-state index contributed by atoms with van der Waals surface area (Å²) in [5.41, 5.74) is 7.58. The molecule has 1 rings (SSSR count). The van der Waals surface area contributed by atoms with Crippen molar-refractivity contribution in [2.45, 2.75) is 20.8 Å². The van der Waals surface area contributed by atoms with Gasteiger partial charge in [-0.25, -0.2) is 4.79 Å². The van der Waals surface area contributed by atoms with Gasteiger partial charge in [-0.05, 0) is 30.5 Å². The topological polar surface area (TPSA) is 64.3 Å². The standard InChI is InChI=1S/C12H17ClN2O2/c1-7(2)6-17-12(16)15-11-5-9(13)10(14)4-8(11)3/h4-5,7H,6,14H2,1-3H3,(H,15,16). The molecule has 5 heteroatoms. The van der Waals surface area contributed by atoms with Crippen LogP contribution in [0.25, 0.3) is 0 Å². The van der Waals surface area contributed by atoms with Gasteiger partial charge in [-0.2, -0.15) is 0 Å². The van der Waals surface area contributed by atoms with Crippen LogP contribution in [0.5, 0.6) is 0 Å². The molecule has 1 amide bonds. The van der Waals surface area contributed by atoms with Crippen LogP contribution >= 0.6 is 11.6 Å². The summed E-state index contributed by atoms with van der Waals surface area (Å²) in [7, 11) is 0. The number of benzene rings is 1. The minimum Gasteiger partial charge on any atom is -0.449 e. The van der Waals surface area contributed by atoms with Crippen LogP contribution in [0.2, 0.25) is 5.02 Å². The van der Waals surface area contributed by atoms with E-state index < -0.39 is 6.09 Å². The molecule has 1 aromatic carbocycles. The minimum absolute atomic E-state index is 0.303. The van der Waals surface area contributed by atoms with E-state index in [4.69, 9.17) is 22.1 Å². The van der Waals surface area contributed by atoms with Crippen molar-refractivity contribution in [3.05, 3.63) is 22.7 Å². The number of anilines is 2. The van der Waals surface area contributed by atoms with Crippen molar-refractivity contribution in [2.75, 3.05) is 17.7 Å². The van der Waals surface area contributed by atoms with E-state index in [1.807, 2.05) is 20.8 Å². The van der Waals surface area contributed by atoms with Gasteiger partial charge in [0.15, 0.2) is 0 Å². The van der Waals surface area contributed by atoms with Gasteiger partial charge >= 0.3 is 6.09 Å². The molecule has 0 aliphatic carbocycles. The highest BCUT2D eigenvalue weighted by Gasteiger charge is 2.08. The molecule has 0 bridgehead atoms. The summed E-state index contributed by atoms with van der Waals surface area (Å²) in [6.07, 6.45) is -0.484. The lowest BCUT2D eigenvalue weighted by atomic mass is 10.2. The summed E-state index contributed by atoms with van der Waals surface area (Å²) in [6.45, 7) is 6.16. The zero-order valence-electron chi connectivity index (χ0n) is 10.2. The third-order valence-electron chi connectivity index (χ3n) is 2.13. The van der Waals surface area contributed by atoms with Crippen LogP contribution in [-0.4, -0.2) is 12.7 Å². The van der Waals surface area contributed by atoms with Gasteiger partial charge in [0.1, 0.15) is 0 Å². The number of amides is 1. The fraction of sp³-hybridized carbons (Fsp3) is 0.417. The largest absolute Gasteiger partial charge is 0.449 e. The normalized spacial score (nSPS) is 10.4. The zero-order chi connectivity index (χ0) is 13.0. The fourth-order valence-corrected chi connectivity index (χ4v) is 1.39. The molecule has 0 aliphatic heterocycles. The van der Waals surface area contributed by atoms with Crippen molar-refractivity contribution in [2.24, 2.45) is 5.92 Å². The number of nitrogens with one attached hydrogen (secondary N) is 1. The lowest BCUT2D eigenvalue weighted by molar-refractivity contribution is 0.147. The molecule has 17 heavy (non-hydrogen) atoms. The van der Waals surface area contributed by atoms with Crippen LogP contribution in [0.4, 0.5) is 16.2 Å². The number of halogens is 1. The molecule has 0 radical (unpaired) electrons. The molecule has 0 fully saturated rings. The molecule has 3 N–H and O–H groups in total. The number of carbonyl (C=O) groups excluding carboxylic acids is 1. The first-order chi connectivity index (χ1) is 7.90. The van der Waals surface area contributed by atoms with E-state index in [1.165, 1.54) is 0 Å². The van der Waals surface area contributed by atoms with E-state index >= 15 is 0 Å². The van der Waals surface area contributed by atoms with E-state index in [9.17, 15) is 4.79 Å². The molecular formula is C12H17ClN2O2. The van der Waals surface area contributed by atoms with Crippen molar-refractivity contribution in [1.82, 2.24) is 0 Å². The van der Waals surface area contributed by atoms with Gasteiger partial charge in [0.25, 0.3) is 0 Å². The van der Waals surface area contributed by atoms with Gasteiger partial charge < -0.3 is 10.5 Å². The molecule has 94 valence electrons. The highest BCUT2D eigenvalue weighted by molar-refractivity contribution is 6.33. The predicted molar refractivity (Wildman–Crippen MR) is 70.4 cm³/mol. The molecule has 4 nitrogen and oxygen atoms in total. The van der Waals surface area contributed by atoms with Crippen LogP contribution < -0.4 is 11.1 Å². The van der Waals surface area contributed by atoms with Crippen LogP contribution in [0.15, 0.2) is 12.1 Å². The number of carbonyl (C=O) groups is 1. The molecule has 0 heterocycles. The number of nitrogens with two attached hydrogens (primary N) is 1. The highest BCUT2D eigenvalue weighted by Crippen LogP contribution is 2.26. The van der Waals surface area contributed by atoms with Crippen LogP contribution in [0, 0.1) is 12.8 Å². The molecule has 0 saturated carbocycles. The third kappa shape index (κ3) is 4.15. The Bertz CT molecular complexity index is 419. The van der Waals surface area contributed by atoms with Crippen LogP contribution in [0.3, 0.4) is 0 Å². The third-order valence-corrected chi connectivity index (χ3v) is 2.46. The lowest BCUT2D eigenvalue weighted by Gasteiger charge is -2.11. The van der Waals surface area contributed by atoms with E-state index in [-0.39, 0.29) is 0 Å². The first-order valence-electron chi connectivity index (χ1n) is 5.39. The Hall–Kier alpha value is -1.42. The highest BCUT2D eigenvalue weighted by atomic mass is 35.5. The smallest absolute Gasteiger partial charge is 0.411 e. The van der Waals surface area contributed by atoms with Gasteiger partial charge in [-0.1, -0.05) is 25.4 Å². The van der Waals surface area contributed by atoms with Gasteiger partial charge in [0, 0.05) is 5.69 Å². The Balaban J connectivity index is 2.68. The van der Waals surface area contributed by atoms with Crippen LogP contribution in [0.1, 0.15) is 19.4 Å². The number of nitrogen functional groups attached to an aromatic ring is 1. The van der Waals surface area contributed by atoms with Crippen molar-refractivity contribution >= 4 is 29.1 Å². The van der Waals surface area contributed by atoms with Gasteiger partial charge in [-0.15, -0.1) is 0 Å². The maximum atomic E-state index is 11.5. The average Bonchev–Trinajstić information content (AvgIpc) is 2.23. The average molecular weight is 257 g/mol. The summed E-state index contributed by atoms with van der Waals surface area (Å²) >= 11 is 5.88. The SMILES string of the molecule is Cc1cc(N)c(Cl)cc1NC(=O)OCC(C)C. The molecule has 1 aromatic rings. The van der Waals surface area contributed by atoms with Crippen molar-refractivity contribution in [1.29, 1.82) is 0 Å². The second kappa shape index (κ2) is 5.77. The Morgan fingerprint density at radius 1 is 1.53 bits per heavy atom. The maximum Gasteiger partial charge on any atom is 0.411 e. The lowest BCUT2D eigenvalue weighted by Crippen LogP contribution is -2.17. The van der Waals surface area contributed by atoms with Crippen molar-refractivity contribution in [3.8, 4) is 0 Å². The number of hydrogen-bond acceptors (Lipinski definition) is 3. The Kier molecular flexibility index (Phi) is 4.63. The predicted octanol–water partition coefficient (Wildman–Crippen LogP) is 3.44. The maximum absolute atomic E-state index is 11.5. The Morgan fingerprint density at radius 3 is 2.76 bits per heavy atom. The molecule has 0 unspecified atom stereocenters. The molecule has 0 saturated heterocycles. The van der Waals surface area contributed by atoms with Gasteiger partial charge in [-0.3, -0.25) is 5.32 Å². The fourth-order valence-electron chi connectivity index (χ4n) is 1.23. The summed E-state index contributed by atoms with van der Waals surface area (Å²) in [6, 6.07) is 3.32. The number of rotatable bonds is 3. The summed E-state index contributed by atoms with van der Waals surface area (Å²) in [4.78, 5) is 11.5. The molecule has 0 atom stereocenters. The van der Waals surface area contributed by atoms with Crippen molar-refractivity contribution < 1.29 is 9.53 Å². The molecule has 0 aliphatic rings. The summed E-state index contributed by atoms with van der Waals surface area (Å²) in [5.74, 6) is 0.303. The molecule has 0 spiro atoms. The van der Waals surface area contributed by atoms with Gasteiger partial charge in [0.2, 0.25) is 0 Å². The second-order valence-corrected chi connectivity index (χ2v) is 4.71. The second-order valence-electron chi connectivity index (χ2n) is 4.31. The summed E-state index contributed by atoms with van der Waals surface area (Å²) < 4.78 is 5.01. The van der Waals surface area contributed by atoms with Crippen molar-refractivity contribution in [3.63, 3.8) is 0 Å². The molecule has 0 aromatic heterocycles. The van der Waals surface area contributed by atoms with Gasteiger partial charge in [0.05, 0.1) is 17.3 Å². The zero-order valence-corrected chi connectivity index (χ0v) is 11.0. The van der Waals surface area contributed by atoms with E-state index in [1.54, 1.807) is 12.1 Å². The number of hydrogen-bond donors (Lipinski definition) is 2. The van der Waals surface area contributed by atoms with E-state index in [2.05, 4.69) is 5.32 Å². The monoisotopic (exact) mass is 256 g/mol. The Morgan fingerprint density at radius 2 is 2.18 bits per heavy atom. The number of aryl methyl sites for hydroxylation is 1.